The molecule has 0 aromatic heterocycles. The zero-order valence-corrected chi connectivity index (χ0v) is 20.6. The van der Waals surface area contributed by atoms with Gasteiger partial charge >= 0.3 is 0 Å². The Balaban J connectivity index is 0.00000144. The van der Waals surface area contributed by atoms with E-state index < -0.39 is 17.1 Å². The zero-order chi connectivity index (χ0) is 20.6. The van der Waals surface area contributed by atoms with E-state index in [-0.39, 0.29) is 39.0 Å². The SMILES string of the molecule is OC(O)[C@@]1(c2ccc(-c3ccccc3)cc2)CC1(c1ccccc1)c1ccccc1.[Rh].[Rh]. The summed E-state index contributed by atoms with van der Waals surface area (Å²) in [6, 6.07) is 38.9. The van der Waals surface area contributed by atoms with Crippen LogP contribution in [0.2, 0.25) is 0 Å². The monoisotopic (exact) mass is 598 g/mol. The number of hydrogen-bond donors (Lipinski definition) is 2. The summed E-state index contributed by atoms with van der Waals surface area (Å²) in [5, 5.41) is 21.4. The molecular formula is C28H24O2Rh2. The number of aliphatic hydroxyl groups is 2. The van der Waals surface area contributed by atoms with E-state index in [1.54, 1.807) is 0 Å². The quantitative estimate of drug-likeness (QED) is 0.243. The Hall–Kier alpha value is -1.95. The molecule has 2 radical (unpaired) electrons. The van der Waals surface area contributed by atoms with Gasteiger partial charge in [0.05, 0.1) is 5.41 Å². The Morgan fingerprint density at radius 1 is 0.500 bits per heavy atom. The van der Waals surface area contributed by atoms with Crippen molar-refractivity contribution in [2.45, 2.75) is 23.5 Å². The molecule has 4 aromatic carbocycles. The molecule has 0 aliphatic heterocycles. The van der Waals surface area contributed by atoms with Gasteiger partial charge in [-0.05, 0) is 34.2 Å². The van der Waals surface area contributed by atoms with Crippen LogP contribution in [0.15, 0.2) is 115 Å². The molecule has 0 bridgehead atoms. The molecule has 1 fully saturated rings. The third-order valence-corrected chi connectivity index (χ3v) is 6.66. The van der Waals surface area contributed by atoms with Crippen LogP contribution in [0.3, 0.4) is 0 Å². The molecule has 1 aliphatic rings. The third kappa shape index (κ3) is 3.85. The van der Waals surface area contributed by atoms with Gasteiger partial charge in [-0.15, -0.1) is 0 Å². The molecule has 4 heteroatoms. The van der Waals surface area contributed by atoms with E-state index >= 15 is 0 Å². The van der Waals surface area contributed by atoms with Gasteiger partial charge in [0.1, 0.15) is 0 Å². The van der Waals surface area contributed by atoms with Crippen molar-refractivity contribution in [3.8, 4) is 11.1 Å². The summed E-state index contributed by atoms with van der Waals surface area (Å²) < 4.78 is 0. The van der Waals surface area contributed by atoms with E-state index in [9.17, 15) is 10.2 Å². The summed E-state index contributed by atoms with van der Waals surface area (Å²) in [7, 11) is 0. The third-order valence-electron chi connectivity index (χ3n) is 6.66. The van der Waals surface area contributed by atoms with E-state index in [0.29, 0.717) is 6.42 Å². The minimum absolute atomic E-state index is 0. The molecule has 1 atom stereocenters. The largest absolute Gasteiger partial charge is 0.367 e. The van der Waals surface area contributed by atoms with Gasteiger partial charge in [-0.25, -0.2) is 0 Å². The molecule has 0 spiro atoms. The number of rotatable bonds is 5. The minimum Gasteiger partial charge on any atom is -0.367 e. The summed E-state index contributed by atoms with van der Waals surface area (Å²) in [4.78, 5) is 0. The van der Waals surface area contributed by atoms with Crippen LogP contribution in [-0.4, -0.2) is 16.5 Å². The van der Waals surface area contributed by atoms with Crippen LogP contribution in [0.4, 0.5) is 0 Å². The molecule has 0 heterocycles. The van der Waals surface area contributed by atoms with Crippen molar-refractivity contribution in [2.75, 3.05) is 0 Å². The maximum atomic E-state index is 10.7. The molecule has 2 N–H and O–H groups in total. The standard InChI is InChI=1S/C28H24O2.2Rh/c29-26(30)28(25-18-16-22(17-19-25)21-10-4-1-5-11-21)20-27(28,23-12-6-2-7-13-23)24-14-8-3-9-15-24;;/h1-19,26,29-30H,20H2;;/t28-;;/m0../s1. The van der Waals surface area contributed by atoms with E-state index in [2.05, 4.69) is 60.7 Å². The molecule has 166 valence electrons. The summed E-state index contributed by atoms with van der Waals surface area (Å²) in [5.41, 5.74) is 4.17. The van der Waals surface area contributed by atoms with Crippen LogP contribution in [0.25, 0.3) is 11.1 Å². The average Bonchev–Trinajstić information content (AvgIpc) is 3.54. The molecule has 1 saturated carbocycles. The van der Waals surface area contributed by atoms with Crippen LogP contribution in [0.1, 0.15) is 23.1 Å². The first-order valence-corrected chi connectivity index (χ1v) is 10.3. The average molecular weight is 598 g/mol. The second-order valence-electron chi connectivity index (χ2n) is 8.10. The second kappa shape index (κ2) is 9.90. The molecule has 1 aliphatic carbocycles. The van der Waals surface area contributed by atoms with Crippen molar-refractivity contribution in [3.05, 3.63) is 132 Å². The zero-order valence-electron chi connectivity index (χ0n) is 17.3. The Labute approximate surface area is 214 Å². The summed E-state index contributed by atoms with van der Waals surface area (Å²) in [6.07, 6.45) is -0.823. The van der Waals surface area contributed by atoms with Crippen molar-refractivity contribution >= 4 is 0 Å². The predicted molar refractivity (Wildman–Crippen MR) is 120 cm³/mol. The predicted octanol–water partition coefficient (Wildman–Crippen LogP) is 5.29. The normalized spacial score (nSPS) is 18.3. The van der Waals surface area contributed by atoms with Gasteiger partial charge in [0, 0.05) is 44.4 Å². The van der Waals surface area contributed by atoms with Crippen molar-refractivity contribution in [1.82, 2.24) is 0 Å². The van der Waals surface area contributed by atoms with Crippen LogP contribution in [-0.2, 0) is 49.8 Å². The molecule has 5 rings (SSSR count). The van der Waals surface area contributed by atoms with Crippen molar-refractivity contribution in [3.63, 3.8) is 0 Å². The van der Waals surface area contributed by atoms with Gasteiger partial charge < -0.3 is 10.2 Å². The van der Waals surface area contributed by atoms with Gasteiger partial charge in [-0.2, -0.15) is 0 Å². The maximum absolute atomic E-state index is 10.7. The van der Waals surface area contributed by atoms with Crippen molar-refractivity contribution in [1.29, 1.82) is 0 Å². The first-order chi connectivity index (χ1) is 14.7. The molecule has 32 heavy (non-hydrogen) atoms. The van der Waals surface area contributed by atoms with E-state index in [1.807, 2.05) is 54.6 Å². The Morgan fingerprint density at radius 3 is 1.34 bits per heavy atom. The first-order valence-electron chi connectivity index (χ1n) is 10.3. The number of hydrogen-bond acceptors (Lipinski definition) is 2. The molecule has 4 aromatic rings. The van der Waals surface area contributed by atoms with Crippen LogP contribution >= 0.6 is 0 Å². The molecular weight excluding hydrogens is 574 g/mol. The van der Waals surface area contributed by atoms with Gasteiger partial charge in [-0.1, -0.05) is 115 Å². The minimum atomic E-state index is -1.47. The summed E-state index contributed by atoms with van der Waals surface area (Å²) >= 11 is 0. The smallest absolute Gasteiger partial charge is 0.162 e. The summed E-state index contributed by atoms with van der Waals surface area (Å²) in [6.45, 7) is 0. The topological polar surface area (TPSA) is 40.5 Å². The Bertz CT molecular complexity index is 1090. The number of benzene rings is 4. The molecule has 0 saturated heterocycles. The first kappa shape index (κ1) is 24.7. The van der Waals surface area contributed by atoms with Gasteiger partial charge in [0.2, 0.25) is 0 Å². The maximum Gasteiger partial charge on any atom is 0.162 e. The van der Waals surface area contributed by atoms with Gasteiger partial charge in [-0.3, -0.25) is 0 Å². The molecule has 0 unspecified atom stereocenters. The van der Waals surface area contributed by atoms with Crippen LogP contribution < -0.4 is 0 Å². The molecule has 2 nitrogen and oxygen atoms in total. The molecule has 0 amide bonds. The second-order valence-corrected chi connectivity index (χ2v) is 8.10. The van der Waals surface area contributed by atoms with E-state index in [4.69, 9.17) is 0 Å². The number of aliphatic hydroxyl groups excluding tert-OH is 1. The Kier molecular flexibility index (Phi) is 7.64. The van der Waals surface area contributed by atoms with Crippen LogP contribution in [0, 0.1) is 0 Å². The van der Waals surface area contributed by atoms with Crippen molar-refractivity contribution in [2.24, 2.45) is 0 Å². The van der Waals surface area contributed by atoms with Gasteiger partial charge in [0.15, 0.2) is 6.29 Å². The fourth-order valence-corrected chi connectivity index (χ4v) is 5.11. The van der Waals surface area contributed by atoms with E-state index in [0.717, 1.165) is 27.8 Å². The van der Waals surface area contributed by atoms with E-state index in [1.165, 1.54) is 0 Å². The summed E-state index contributed by atoms with van der Waals surface area (Å²) in [5.74, 6) is 0. The Morgan fingerprint density at radius 2 is 0.906 bits per heavy atom. The fourth-order valence-electron chi connectivity index (χ4n) is 5.11. The van der Waals surface area contributed by atoms with Gasteiger partial charge in [0.25, 0.3) is 0 Å². The fraction of sp³-hybridized carbons (Fsp3) is 0.143. The van der Waals surface area contributed by atoms with Crippen LogP contribution in [0.5, 0.6) is 0 Å². The van der Waals surface area contributed by atoms with Crippen molar-refractivity contribution < 1.29 is 49.2 Å².